The fourth-order valence-corrected chi connectivity index (χ4v) is 0.908. The highest BCUT2D eigenvalue weighted by Crippen LogP contribution is 2.08. The molecule has 0 aliphatic heterocycles. The summed E-state index contributed by atoms with van der Waals surface area (Å²) < 4.78 is 5.26. The Hall–Kier alpha value is -0.160. The van der Waals surface area contributed by atoms with Crippen molar-refractivity contribution in [1.82, 2.24) is 0 Å². The zero-order valence-electron chi connectivity index (χ0n) is 8.47. The first kappa shape index (κ1) is 12.8. The topological polar surface area (TPSA) is 69.9 Å². The molecular formula is C9H20O4. The predicted octanol–water partition coefficient (Wildman–Crippen LogP) is -0.0959. The van der Waals surface area contributed by atoms with Crippen molar-refractivity contribution in [2.24, 2.45) is 0 Å². The highest BCUT2D eigenvalue weighted by atomic mass is 16.5. The summed E-state index contributed by atoms with van der Waals surface area (Å²) in [7, 11) is 0. The molecule has 0 aromatic carbocycles. The number of aliphatic hydroxyl groups excluding tert-OH is 3. The summed E-state index contributed by atoms with van der Waals surface area (Å²) in [5.74, 6) is 0. The van der Waals surface area contributed by atoms with Crippen LogP contribution in [0.3, 0.4) is 0 Å². The van der Waals surface area contributed by atoms with Crippen molar-refractivity contribution in [3.05, 3.63) is 0 Å². The lowest BCUT2D eigenvalue weighted by Gasteiger charge is -2.25. The quantitative estimate of drug-likeness (QED) is 0.550. The molecule has 0 aliphatic rings. The lowest BCUT2D eigenvalue weighted by atomic mass is 10.1. The van der Waals surface area contributed by atoms with Gasteiger partial charge < -0.3 is 20.1 Å². The summed E-state index contributed by atoms with van der Waals surface area (Å²) >= 11 is 0. The van der Waals surface area contributed by atoms with Crippen molar-refractivity contribution < 1.29 is 20.1 Å². The summed E-state index contributed by atoms with van der Waals surface area (Å²) in [6, 6.07) is 0. The van der Waals surface area contributed by atoms with Crippen molar-refractivity contribution >= 4 is 0 Å². The fourth-order valence-electron chi connectivity index (χ4n) is 0.908. The second-order valence-electron chi connectivity index (χ2n) is 3.28. The molecule has 80 valence electrons. The highest BCUT2D eigenvalue weighted by Gasteiger charge is 2.21. The summed E-state index contributed by atoms with van der Waals surface area (Å²) in [4.78, 5) is 0. The minimum absolute atomic E-state index is 0.230. The van der Waals surface area contributed by atoms with Gasteiger partial charge in [0.2, 0.25) is 0 Å². The Balaban J connectivity index is 3.97. The second kappa shape index (κ2) is 6.32. The van der Waals surface area contributed by atoms with Gasteiger partial charge in [0.05, 0.1) is 24.9 Å². The lowest BCUT2D eigenvalue weighted by Crippen LogP contribution is -2.38. The Morgan fingerprint density at radius 3 is 2.08 bits per heavy atom. The third kappa shape index (κ3) is 4.57. The Bertz CT molecular complexity index is 127. The van der Waals surface area contributed by atoms with Gasteiger partial charge in [0.25, 0.3) is 0 Å². The standard InChI is InChI=1S/C9H20O4/c1-4-8(12)9(5-10)13-7(3)6(2)11/h6-12H,4-5H2,1-3H3/t6-,7+,8-,9?/m0/s1. The van der Waals surface area contributed by atoms with Crippen LogP contribution in [0.5, 0.6) is 0 Å². The smallest absolute Gasteiger partial charge is 0.107 e. The molecule has 3 N–H and O–H groups in total. The number of rotatable bonds is 6. The van der Waals surface area contributed by atoms with Gasteiger partial charge in [0.1, 0.15) is 6.10 Å². The van der Waals surface area contributed by atoms with Crippen LogP contribution in [0.25, 0.3) is 0 Å². The van der Waals surface area contributed by atoms with E-state index in [1.54, 1.807) is 13.8 Å². The van der Waals surface area contributed by atoms with Crippen LogP contribution < -0.4 is 0 Å². The molecule has 4 heteroatoms. The van der Waals surface area contributed by atoms with E-state index in [0.717, 1.165) is 0 Å². The van der Waals surface area contributed by atoms with Crippen LogP contribution in [0, 0.1) is 0 Å². The molecule has 13 heavy (non-hydrogen) atoms. The molecule has 0 rings (SSSR count). The summed E-state index contributed by atoms with van der Waals surface area (Å²) in [5, 5.41) is 27.4. The van der Waals surface area contributed by atoms with E-state index in [1.165, 1.54) is 0 Å². The van der Waals surface area contributed by atoms with Gasteiger partial charge >= 0.3 is 0 Å². The minimum Gasteiger partial charge on any atom is -0.394 e. The molecule has 4 atom stereocenters. The first-order chi connectivity index (χ1) is 6.02. The number of hydrogen-bond donors (Lipinski definition) is 3. The first-order valence-corrected chi connectivity index (χ1v) is 4.65. The summed E-state index contributed by atoms with van der Waals surface area (Å²) in [5.41, 5.74) is 0. The third-order valence-corrected chi connectivity index (χ3v) is 2.10. The van der Waals surface area contributed by atoms with Gasteiger partial charge in [-0.15, -0.1) is 0 Å². The molecule has 0 saturated heterocycles. The maximum absolute atomic E-state index is 9.38. The molecule has 0 saturated carbocycles. The molecule has 0 radical (unpaired) electrons. The van der Waals surface area contributed by atoms with Gasteiger partial charge in [-0.3, -0.25) is 0 Å². The van der Waals surface area contributed by atoms with Crippen LogP contribution in [0.2, 0.25) is 0 Å². The Morgan fingerprint density at radius 2 is 1.77 bits per heavy atom. The van der Waals surface area contributed by atoms with Crippen LogP contribution in [-0.2, 0) is 4.74 Å². The van der Waals surface area contributed by atoms with Crippen LogP contribution in [0.1, 0.15) is 27.2 Å². The highest BCUT2D eigenvalue weighted by molar-refractivity contribution is 4.69. The zero-order valence-corrected chi connectivity index (χ0v) is 8.47. The van der Waals surface area contributed by atoms with E-state index < -0.39 is 18.3 Å². The average molecular weight is 192 g/mol. The van der Waals surface area contributed by atoms with Gasteiger partial charge in [-0.25, -0.2) is 0 Å². The normalized spacial score (nSPS) is 20.8. The molecule has 0 heterocycles. The Morgan fingerprint density at radius 1 is 1.23 bits per heavy atom. The molecule has 0 aliphatic carbocycles. The number of aliphatic hydroxyl groups is 3. The van der Waals surface area contributed by atoms with E-state index >= 15 is 0 Å². The monoisotopic (exact) mass is 192 g/mol. The van der Waals surface area contributed by atoms with Gasteiger partial charge in [-0.1, -0.05) is 6.92 Å². The third-order valence-electron chi connectivity index (χ3n) is 2.10. The van der Waals surface area contributed by atoms with E-state index in [9.17, 15) is 5.11 Å². The zero-order chi connectivity index (χ0) is 10.4. The van der Waals surface area contributed by atoms with Crippen LogP contribution >= 0.6 is 0 Å². The lowest BCUT2D eigenvalue weighted by molar-refractivity contribution is -0.121. The SMILES string of the molecule is CC[C@H](O)C(CO)O[C@H](C)[C@H](C)O. The maximum atomic E-state index is 9.38. The minimum atomic E-state index is -0.675. The molecular weight excluding hydrogens is 172 g/mol. The molecule has 0 bridgehead atoms. The van der Waals surface area contributed by atoms with Crippen molar-refractivity contribution in [3.8, 4) is 0 Å². The molecule has 4 nitrogen and oxygen atoms in total. The molecule has 1 unspecified atom stereocenters. The number of hydrogen-bond acceptors (Lipinski definition) is 4. The maximum Gasteiger partial charge on any atom is 0.107 e. The fraction of sp³-hybridized carbons (Fsp3) is 1.00. The van der Waals surface area contributed by atoms with E-state index in [2.05, 4.69) is 0 Å². The van der Waals surface area contributed by atoms with Crippen LogP contribution in [-0.4, -0.2) is 46.3 Å². The van der Waals surface area contributed by atoms with E-state index in [4.69, 9.17) is 14.9 Å². The van der Waals surface area contributed by atoms with Gasteiger partial charge in [-0.2, -0.15) is 0 Å². The van der Waals surface area contributed by atoms with Crippen molar-refractivity contribution in [2.45, 2.75) is 51.6 Å². The van der Waals surface area contributed by atoms with E-state index in [-0.39, 0.29) is 12.7 Å². The van der Waals surface area contributed by atoms with Crippen LogP contribution in [0.4, 0.5) is 0 Å². The van der Waals surface area contributed by atoms with E-state index in [1.807, 2.05) is 6.92 Å². The van der Waals surface area contributed by atoms with Crippen LogP contribution in [0.15, 0.2) is 0 Å². The average Bonchev–Trinajstić information content (AvgIpc) is 2.12. The Labute approximate surface area is 79.2 Å². The predicted molar refractivity (Wildman–Crippen MR) is 49.4 cm³/mol. The molecule has 0 amide bonds. The molecule has 0 aromatic rings. The molecule has 0 spiro atoms. The first-order valence-electron chi connectivity index (χ1n) is 4.65. The van der Waals surface area contributed by atoms with Crippen molar-refractivity contribution in [1.29, 1.82) is 0 Å². The van der Waals surface area contributed by atoms with Crippen molar-refractivity contribution in [2.75, 3.05) is 6.61 Å². The van der Waals surface area contributed by atoms with Crippen molar-refractivity contribution in [3.63, 3.8) is 0 Å². The Kier molecular flexibility index (Phi) is 6.24. The summed E-state index contributed by atoms with van der Waals surface area (Å²) in [6.07, 6.45) is -1.73. The van der Waals surface area contributed by atoms with E-state index in [0.29, 0.717) is 6.42 Å². The number of ether oxygens (including phenoxy) is 1. The largest absolute Gasteiger partial charge is 0.394 e. The molecule has 0 aromatic heterocycles. The van der Waals surface area contributed by atoms with Gasteiger partial charge in [0.15, 0.2) is 0 Å². The molecule has 0 fully saturated rings. The van der Waals surface area contributed by atoms with Gasteiger partial charge in [-0.05, 0) is 20.3 Å². The van der Waals surface area contributed by atoms with Gasteiger partial charge in [0, 0.05) is 0 Å². The second-order valence-corrected chi connectivity index (χ2v) is 3.28. The summed E-state index contributed by atoms with van der Waals surface area (Å²) in [6.45, 7) is 4.89.